The Labute approximate surface area is 68.5 Å². The molecule has 0 aromatic carbocycles. The lowest BCUT2D eigenvalue weighted by Crippen LogP contribution is -1.82. The van der Waals surface area contributed by atoms with Gasteiger partial charge in [-0.3, -0.25) is 0 Å². The van der Waals surface area contributed by atoms with Crippen molar-refractivity contribution in [3.05, 3.63) is 23.4 Å². The van der Waals surface area contributed by atoms with Gasteiger partial charge in [-0.2, -0.15) is 4.37 Å². The normalized spacial score (nSPS) is 9.70. The van der Waals surface area contributed by atoms with Crippen LogP contribution in [-0.4, -0.2) is 4.37 Å². The van der Waals surface area contributed by atoms with E-state index < -0.39 is 0 Å². The summed E-state index contributed by atoms with van der Waals surface area (Å²) in [7, 11) is 0. The van der Waals surface area contributed by atoms with Gasteiger partial charge in [0.25, 0.3) is 0 Å². The van der Waals surface area contributed by atoms with E-state index >= 15 is 0 Å². The second kappa shape index (κ2) is 3.03. The number of halogens is 1. The Kier molecular flexibility index (Phi) is 2.29. The summed E-state index contributed by atoms with van der Waals surface area (Å²) in [6, 6.07) is 0. The molecule has 0 aliphatic carbocycles. The van der Waals surface area contributed by atoms with Crippen molar-refractivity contribution in [2.75, 3.05) is 5.73 Å². The van der Waals surface area contributed by atoms with E-state index in [1.54, 1.807) is 6.08 Å². The Morgan fingerprint density at radius 1 is 1.80 bits per heavy atom. The maximum Gasteiger partial charge on any atom is 0.126 e. The number of aromatic nitrogens is 1. The highest BCUT2D eigenvalue weighted by atomic mass is 35.5. The highest BCUT2D eigenvalue weighted by Gasteiger charge is 2.05. The van der Waals surface area contributed by atoms with Gasteiger partial charge in [0.1, 0.15) is 5.00 Å². The van der Waals surface area contributed by atoms with E-state index in [0.717, 1.165) is 5.69 Å². The van der Waals surface area contributed by atoms with E-state index in [0.29, 0.717) is 16.4 Å². The van der Waals surface area contributed by atoms with E-state index in [1.807, 2.05) is 0 Å². The van der Waals surface area contributed by atoms with Gasteiger partial charge in [-0.1, -0.05) is 17.7 Å². The molecule has 2 nitrogen and oxygen atoms in total. The topological polar surface area (TPSA) is 38.9 Å². The summed E-state index contributed by atoms with van der Waals surface area (Å²) < 4.78 is 4.02. The Morgan fingerprint density at radius 3 is 2.90 bits per heavy atom. The molecule has 0 atom stereocenters. The highest BCUT2D eigenvalue weighted by molar-refractivity contribution is 7.10. The number of nitrogen functional groups attached to an aromatic ring is 1. The number of nitrogens with zero attached hydrogens (tertiary/aromatic N) is 1. The first-order chi connectivity index (χ1) is 4.75. The van der Waals surface area contributed by atoms with Crippen molar-refractivity contribution in [3.63, 3.8) is 0 Å². The number of allylic oxidation sites excluding steroid dienone is 1. The minimum Gasteiger partial charge on any atom is -0.388 e. The Hall–Kier alpha value is -0.540. The van der Waals surface area contributed by atoms with Crippen LogP contribution in [0.3, 0.4) is 0 Å². The van der Waals surface area contributed by atoms with Crippen molar-refractivity contribution in [2.45, 2.75) is 6.42 Å². The SMILES string of the molecule is C=CCc1nsc(N)c1Cl. The van der Waals surface area contributed by atoms with Crippen molar-refractivity contribution in [3.8, 4) is 0 Å². The van der Waals surface area contributed by atoms with Gasteiger partial charge in [0.05, 0.1) is 10.7 Å². The van der Waals surface area contributed by atoms with Crippen molar-refractivity contribution in [1.82, 2.24) is 4.37 Å². The third kappa shape index (κ3) is 1.30. The van der Waals surface area contributed by atoms with Gasteiger partial charge in [0, 0.05) is 6.42 Å². The molecule has 0 aliphatic heterocycles. The standard InChI is InChI=1S/C6H7ClN2S/c1-2-3-4-5(7)6(8)10-9-4/h2H,1,3,8H2. The number of nitrogens with two attached hydrogens (primary N) is 1. The summed E-state index contributed by atoms with van der Waals surface area (Å²) in [5.41, 5.74) is 6.28. The molecule has 0 unspecified atom stereocenters. The molecule has 0 saturated carbocycles. The lowest BCUT2D eigenvalue weighted by Gasteiger charge is -1.87. The summed E-state index contributed by atoms with van der Waals surface area (Å²) in [5, 5.41) is 1.16. The second-order valence-electron chi connectivity index (χ2n) is 1.80. The minimum absolute atomic E-state index is 0.574. The van der Waals surface area contributed by atoms with Crippen molar-refractivity contribution >= 4 is 28.1 Å². The molecule has 4 heteroatoms. The third-order valence-electron chi connectivity index (χ3n) is 1.06. The van der Waals surface area contributed by atoms with Crippen molar-refractivity contribution < 1.29 is 0 Å². The molecule has 0 saturated heterocycles. The van der Waals surface area contributed by atoms with Crippen LogP contribution in [0.15, 0.2) is 12.7 Å². The molecule has 0 spiro atoms. The maximum absolute atomic E-state index is 5.76. The fraction of sp³-hybridized carbons (Fsp3) is 0.167. The zero-order chi connectivity index (χ0) is 7.56. The Bertz CT molecular complexity index is 244. The lowest BCUT2D eigenvalue weighted by molar-refractivity contribution is 1.20. The molecule has 54 valence electrons. The molecule has 10 heavy (non-hydrogen) atoms. The van der Waals surface area contributed by atoms with Gasteiger partial charge in [-0.25, -0.2) is 0 Å². The Balaban J connectivity index is 2.93. The van der Waals surface area contributed by atoms with Gasteiger partial charge in [0.2, 0.25) is 0 Å². The van der Waals surface area contributed by atoms with Crippen LogP contribution in [0, 0.1) is 0 Å². The summed E-state index contributed by atoms with van der Waals surface area (Å²) in [4.78, 5) is 0. The average Bonchev–Trinajstić information content (AvgIpc) is 2.20. The Morgan fingerprint density at radius 2 is 2.50 bits per heavy atom. The zero-order valence-electron chi connectivity index (χ0n) is 5.30. The van der Waals surface area contributed by atoms with Crippen molar-refractivity contribution in [2.24, 2.45) is 0 Å². The van der Waals surface area contributed by atoms with E-state index in [1.165, 1.54) is 11.5 Å². The van der Waals surface area contributed by atoms with Gasteiger partial charge in [-0.05, 0) is 11.5 Å². The molecule has 1 heterocycles. The quantitative estimate of drug-likeness (QED) is 0.698. The first-order valence-corrected chi connectivity index (χ1v) is 3.91. The van der Waals surface area contributed by atoms with Crippen LogP contribution in [0.5, 0.6) is 0 Å². The average molecular weight is 175 g/mol. The van der Waals surface area contributed by atoms with Crippen molar-refractivity contribution in [1.29, 1.82) is 0 Å². The number of anilines is 1. The van der Waals surface area contributed by atoms with Crippen LogP contribution >= 0.6 is 23.1 Å². The van der Waals surface area contributed by atoms with Crippen LogP contribution in [0.1, 0.15) is 5.69 Å². The molecule has 1 aromatic rings. The molecule has 1 aromatic heterocycles. The molecule has 0 aliphatic rings. The zero-order valence-corrected chi connectivity index (χ0v) is 6.87. The van der Waals surface area contributed by atoms with Gasteiger partial charge < -0.3 is 5.73 Å². The molecular weight excluding hydrogens is 168 g/mol. The van der Waals surface area contributed by atoms with Crippen LogP contribution in [0.4, 0.5) is 5.00 Å². The van der Waals surface area contributed by atoms with E-state index in [-0.39, 0.29) is 0 Å². The smallest absolute Gasteiger partial charge is 0.126 e. The van der Waals surface area contributed by atoms with E-state index in [9.17, 15) is 0 Å². The minimum atomic E-state index is 0.574. The summed E-state index contributed by atoms with van der Waals surface area (Å²) >= 11 is 6.98. The molecular formula is C6H7ClN2S. The molecule has 0 radical (unpaired) electrons. The summed E-state index contributed by atoms with van der Waals surface area (Å²) in [5.74, 6) is 0. The fourth-order valence-electron chi connectivity index (χ4n) is 0.590. The lowest BCUT2D eigenvalue weighted by atomic mass is 10.3. The first-order valence-electron chi connectivity index (χ1n) is 2.76. The number of hydrogen-bond acceptors (Lipinski definition) is 3. The van der Waals surface area contributed by atoms with Crippen LogP contribution < -0.4 is 5.73 Å². The molecule has 0 amide bonds. The molecule has 1 rings (SSSR count). The van der Waals surface area contributed by atoms with E-state index in [2.05, 4.69) is 11.0 Å². The van der Waals surface area contributed by atoms with Gasteiger partial charge >= 0.3 is 0 Å². The predicted molar refractivity (Wildman–Crippen MR) is 45.4 cm³/mol. The van der Waals surface area contributed by atoms with Crippen LogP contribution in [0.25, 0.3) is 0 Å². The monoisotopic (exact) mass is 174 g/mol. The summed E-state index contributed by atoms with van der Waals surface area (Å²) in [6.07, 6.45) is 2.44. The predicted octanol–water partition coefficient (Wildman–Crippen LogP) is 2.11. The second-order valence-corrected chi connectivity index (χ2v) is 2.98. The molecule has 0 fully saturated rings. The molecule has 0 bridgehead atoms. The first kappa shape index (κ1) is 7.57. The van der Waals surface area contributed by atoms with Crippen LogP contribution in [0.2, 0.25) is 5.02 Å². The van der Waals surface area contributed by atoms with Crippen LogP contribution in [-0.2, 0) is 6.42 Å². The van der Waals surface area contributed by atoms with Gasteiger partial charge in [-0.15, -0.1) is 6.58 Å². The largest absolute Gasteiger partial charge is 0.388 e. The number of rotatable bonds is 2. The molecule has 2 N–H and O–H groups in total. The summed E-state index contributed by atoms with van der Waals surface area (Å²) in [6.45, 7) is 3.57. The van der Waals surface area contributed by atoms with E-state index in [4.69, 9.17) is 17.3 Å². The van der Waals surface area contributed by atoms with Gasteiger partial charge in [0.15, 0.2) is 0 Å². The highest BCUT2D eigenvalue weighted by Crippen LogP contribution is 2.26. The fourth-order valence-corrected chi connectivity index (χ4v) is 1.44. The maximum atomic E-state index is 5.76. The number of hydrogen-bond donors (Lipinski definition) is 1. The third-order valence-corrected chi connectivity index (χ3v) is 2.31.